The summed E-state index contributed by atoms with van der Waals surface area (Å²) in [4.78, 5) is 28.8. The Hall–Kier alpha value is -3.61. The summed E-state index contributed by atoms with van der Waals surface area (Å²) in [5, 5.41) is 14.2. The Balaban J connectivity index is 1.50. The van der Waals surface area contributed by atoms with Crippen molar-refractivity contribution in [1.82, 2.24) is 4.98 Å². The Morgan fingerprint density at radius 3 is 2.33 bits per heavy atom. The number of amides is 1. The number of Topliss-reactive ketones (excluding diaryl/α,β-unsaturated/α-hetero) is 1. The first-order chi connectivity index (χ1) is 16.0. The molecule has 3 aromatic rings. The number of benzene rings is 2. The molecular weight excluding hydrogens is 418 g/mol. The van der Waals surface area contributed by atoms with E-state index in [9.17, 15) is 14.7 Å². The SMILES string of the molecule is NC(=O)O[C@H]1CC[C@H](Nc2c(C(=O)C3CC3)cnc3ccc(-c4ccc(O)cc4)cc23)CC1. The molecule has 1 amide bonds. The van der Waals surface area contributed by atoms with Gasteiger partial charge in [-0.1, -0.05) is 18.2 Å². The molecule has 5 rings (SSSR count). The van der Waals surface area contributed by atoms with E-state index in [1.54, 1.807) is 18.3 Å². The molecule has 2 fully saturated rings. The van der Waals surface area contributed by atoms with E-state index in [1.807, 2.05) is 24.3 Å². The van der Waals surface area contributed by atoms with Crippen molar-refractivity contribution in [3.05, 3.63) is 54.2 Å². The summed E-state index contributed by atoms with van der Waals surface area (Å²) in [6.45, 7) is 0. The number of phenols is 1. The monoisotopic (exact) mass is 445 g/mol. The molecule has 7 heteroatoms. The number of primary amides is 1. The number of aromatic hydroxyl groups is 1. The van der Waals surface area contributed by atoms with Crippen LogP contribution in [-0.4, -0.2) is 34.1 Å². The topological polar surface area (TPSA) is 115 Å². The molecule has 1 aromatic heterocycles. The Kier molecular flexibility index (Phi) is 5.62. The Morgan fingerprint density at radius 1 is 0.970 bits per heavy atom. The number of aromatic nitrogens is 1. The molecule has 2 saturated carbocycles. The number of fused-ring (bicyclic) bond motifs is 1. The minimum absolute atomic E-state index is 0.0878. The third kappa shape index (κ3) is 4.62. The van der Waals surface area contributed by atoms with Gasteiger partial charge in [0.15, 0.2) is 5.78 Å². The van der Waals surface area contributed by atoms with Crippen LogP contribution in [0.5, 0.6) is 5.75 Å². The van der Waals surface area contributed by atoms with Crippen molar-refractivity contribution < 1.29 is 19.4 Å². The number of hydrogen-bond acceptors (Lipinski definition) is 6. The minimum atomic E-state index is -0.731. The highest BCUT2D eigenvalue weighted by molar-refractivity contribution is 6.10. The fourth-order valence-electron chi connectivity index (χ4n) is 4.63. The van der Waals surface area contributed by atoms with E-state index < -0.39 is 6.09 Å². The first kappa shape index (κ1) is 21.2. The molecule has 7 nitrogen and oxygen atoms in total. The van der Waals surface area contributed by atoms with Gasteiger partial charge in [0.05, 0.1) is 16.8 Å². The second kappa shape index (κ2) is 8.73. The van der Waals surface area contributed by atoms with Gasteiger partial charge in [-0.2, -0.15) is 0 Å². The zero-order valence-corrected chi connectivity index (χ0v) is 18.3. The lowest BCUT2D eigenvalue weighted by Crippen LogP contribution is -2.32. The van der Waals surface area contributed by atoms with Crippen LogP contribution in [0.2, 0.25) is 0 Å². The van der Waals surface area contributed by atoms with Crippen LogP contribution >= 0.6 is 0 Å². The van der Waals surface area contributed by atoms with Gasteiger partial charge < -0.3 is 20.9 Å². The quantitative estimate of drug-likeness (QED) is 0.459. The maximum absolute atomic E-state index is 13.1. The summed E-state index contributed by atoms with van der Waals surface area (Å²) < 4.78 is 5.16. The van der Waals surface area contributed by atoms with Crippen molar-refractivity contribution in [2.75, 3.05) is 5.32 Å². The van der Waals surface area contributed by atoms with Crippen molar-refractivity contribution in [1.29, 1.82) is 0 Å². The average Bonchev–Trinajstić information content (AvgIpc) is 3.66. The van der Waals surface area contributed by atoms with Crippen molar-refractivity contribution in [3.63, 3.8) is 0 Å². The van der Waals surface area contributed by atoms with Crippen molar-refractivity contribution >= 4 is 28.5 Å². The van der Waals surface area contributed by atoms with Crippen LogP contribution < -0.4 is 11.1 Å². The normalized spacial score (nSPS) is 20.4. The number of phenolic OH excluding ortho intramolecular Hbond substituents is 1. The van der Waals surface area contributed by atoms with Crippen molar-refractivity contribution in [2.45, 2.75) is 50.7 Å². The summed E-state index contributed by atoms with van der Waals surface area (Å²) in [5.74, 6) is 0.453. The number of carbonyl (C=O) groups is 2. The van der Waals surface area contributed by atoms with Gasteiger partial charge in [0.25, 0.3) is 0 Å². The Bertz CT molecular complexity index is 1200. The Morgan fingerprint density at radius 2 is 1.67 bits per heavy atom. The van der Waals surface area contributed by atoms with Gasteiger partial charge >= 0.3 is 6.09 Å². The fourth-order valence-corrected chi connectivity index (χ4v) is 4.63. The van der Waals surface area contributed by atoms with Gasteiger partial charge in [-0.15, -0.1) is 0 Å². The van der Waals surface area contributed by atoms with E-state index in [1.165, 1.54) is 0 Å². The molecule has 1 heterocycles. The number of rotatable bonds is 6. The van der Waals surface area contributed by atoms with E-state index in [2.05, 4.69) is 16.4 Å². The molecule has 0 atom stereocenters. The van der Waals surface area contributed by atoms with Gasteiger partial charge in [0, 0.05) is 23.5 Å². The van der Waals surface area contributed by atoms with Gasteiger partial charge in [-0.3, -0.25) is 9.78 Å². The molecule has 0 unspecified atom stereocenters. The van der Waals surface area contributed by atoms with Gasteiger partial charge in [0.2, 0.25) is 0 Å². The summed E-state index contributed by atoms with van der Waals surface area (Å²) in [6.07, 6.45) is 5.77. The average molecular weight is 446 g/mol. The van der Waals surface area contributed by atoms with Crippen molar-refractivity contribution in [2.24, 2.45) is 11.7 Å². The highest BCUT2D eigenvalue weighted by atomic mass is 16.6. The lowest BCUT2D eigenvalue weighted by atomic mass is 9.91. The first-order valence-corrected chi connectivity index (χ1v) is 11.5. The molecule has 2 aliphatic rings. The fraction of sp³-hybridized carbons (Fsp3) is 0.346. The number of carbonyl (C=O) groups excluding carboxylic acids is 2. The maximum atomic E-state index is 13.1. The third-order valence-electron chi connectivity index (χ3n) is 6.59. The molecule has 4 N–H and O–H groups in total. The van der Waals surface area contributed by atoms with Crippen LogP contribution in [-0.2, 0) is 4.74 Å². The zero-order valence-electron chi connectivity index (χ0n) is 18.3. The van der Waals surface area contributed by atoms with Crippen LogP contribution in [0.3, 0.4) is 0 Å². The summed E-state index contributed by atoms with van der Waals surface area (Å²) in [7, 11) is 0. The van der Waals surface area contributed by atoms with E-state index in [0.29, 0.717) is 5.56 Å². The molecule has 0 radical (unpaired) electrons. The molecule has 0 spiro atoms. The van der Waals surface area contributed by atoms with E-state index in [4.69, 9.17) is 10.5 Å². The number of nitrogens with two attached hydrogens (primary N) is 1. The number of anilines is 1. The number of pyridine rings is 1. The zero-order chi connectivity index (χ0) is 22.9. The molecular formula is C26H27N3O4. The molecule has 0 saturated heterocycles. The lowest BCUT2D eigenvalue weighted by molar-refractivity contribution is 0.0805. The molecule has 33 heavy (non-hydrogen) atoms. The second-order valence-corrected chi connectivity index (χ2v) is 9.02. The molecule has 2 aromatic carbocycles. The van der Waals surface area contributed by atoms with Crippen LogP contribution in [0.25, 0.3) is 22.0 Å². The first-order valence-electron chi connectivity index (χ1n) is 11.5. The van der Waals surface area contributed by atoms with E-state index in [-0.39, 0.29) is 29.6 Å². The minimum Gasteiger partial charge on any atom is -0.508 e. The molecule has 0 aliphatic heterocycles. The number of ether oxygens (including phenoxy) is 1. The molecule has 2 aliphatic carbocycles. The van der Waals surface area contributed by atoms with Crippen LogP contribution in [0.4, 0.5) is 10.5 Å². The summed E-state index contributed by atoms with van der Waals surface area (Å²) in [6, 6.07) is 13.3. The van der Waals surface area contributed by atoms with Gasteiger partial charge in [0.1, 0.15) is 11.9 Å². The van der Waals surface area contributed by atoms with E-state index in [0.717, 1.165) is 66.2 Å². The highest BCUT2D eigenvalue weighted by Gasteiger charge is 2.33. The van der Waals surface area contributed by atoms with Crippen molar-refractivity contribution in [3.8, 4) is 16.9 Å². The largest absolute Gasteiger partial charge is 0.508 e. The van der Waals surface area contributed by atoms with Gasteiger partial charge in [-0.05, 0) is 73.9 Å². The third-order valence-corrected chi connectivity index (χ3v) is 6.59. The van der Waals surface area contributed by atoms with Crippen LogP contribution in [0.15, 0.2) is 48.7 Å². The van der Waals surface area contributed by atoms with Crippen LogP contribution in [0, 0.1) is 5.92 Å². The predicted molar refractivity (Wildman–Crippen MR) is 126 cm³/mol. The highest BCUT2D eigenvalue weighted by Crippen LogP contribution is 2.38. The number of hydrogen-bond donors (Lipinski definition) is 3. The number of ketones is 1. The standard InChI is InChI=1S/C26H27N3O4/c27-26(32)33-20-10-6-18(7-11-20)29-24-21-13-17(15-3-8-19(30)9-4-15)5-12-23(21)28-14-22(24)25(31)16-1-2-16/h3-5,8-9,12-14,16,18,20,30H,1-2,6-7,10-11H2,(H2,27,32)(H,28,29)/t18-,20-. The maximum Gasteiger partial charge on any atom is 0.404 e. The molecule has 170 valence electrons. The number of nitrogens with one attached hydrogen (secondary N) is 1. The second-order valence-electron chi connectivity index (χ2n) is 9.02. The lowest BCUT2D eigenvalue weighted by Gasteiger charge is -2.30. The summed E-state index contributed by atoms with van der Waals surface area (Å²) in [5.41, 5.74) is 9.42. The van der Waals surface area contributed by atoms with Crippen LogP contribution in [0.1, 0.15) is 48.9 Å². The smallest absolute Gasteiger partial charge is 0.404 e. The molecule has 0 bridgehead atoms. The summed E-state index contributed by atoms with van der Waals surface area (Å²) >= 11 is 0. The van der Waals surface area contributed by atoms with E-state index >= 15 is 0 Å². The number of nitrogens with zero attached hydrogens (tertiary/aromatic N) is 1. The van der Waals surface area contributed by atoms with Gasteiger partial charge in [-0.25, -0.2) is 4.79 Å². The predicted octanol–water partition coefficient (Wildman–Crippen LogP) is 5.02. The Labute approximate surface area is 192 Å².